The van der Waals surface area contributed by atoms with E-state index >= 15 is 0 Å². The van der Waals surface area contributed by atoms with Gasteiger partial charge in [0.15, 0.2) is 0 Å². The first-order valence-corrected chi connectivity index (χ1v) is 7.73. The fraction of sp³-hybridized carbons (Fsp3) is 0.647. The summed E-state index contributed by atoms with van der Waals surface area (Å²) >= 11 is 0. The Morgan fingerprint density at radius 1 is 1.26 bits per heavy atom. The Balaban J connectivity index is 1.65. The summed E-state index contributed by atoms with van der Waals surface area (Å²) in [6.45, 7) is 4.71. The lowest BCUT2D eigenvalue weighted by atomic mass is 10.00. The van der Waals surface area contributed by atoms with E-state index in [9.17, 15) is 0 Å². The topological polar surface area (TPSA) is 15.3 Å². The molecule has 0 radical (unpaired) electrons. The van der Waals surface area contributed by atoms with Crippen LogP contribution in [-0.4, -0.2) is 37.1 Å². The largest absolute Gasteiger partial charge is 0.314 e. The Labute approximate surface area is 118 Å². The number of nitrogens with one attached hydrogen (secondary N) is 1. The van der Waals surface area contributed by atoms with E-state index in [1.165, 1.54) is 37.8 Å². The monoisotopic (exact) mass is 260 g/mol. The normalized spacial score (nSPS) is 22.3. The van der Waals surface area contributed by atoms with Crippen LogP contribution in [0.3, 0.4) is 0 Å². The van der Waals surface area contributed by atoms with Crippen LogP contribution in [0.15, 0.2) is 30.3 Å². The van der Waals surface area contributed by atoms with Gasteiger partial charge in [-0.3, -0.25) is 0 Å². The fourth-order valence-electron chi connectivity index (χ4n) is 3.05. The number of benzene rings is 1. The summed E-state index contributed by atoms with van der Waals surface area (Å²) in [7, 11) is 2.28. The van der Waals surface area contributed by atoms with Crippen molar-refractivity contribution in [2.24, 2.45) is 0 Å². The van der Waals surface area contributed by atoms with Gasteiger partial charge in [-0.05, 0) is 58.3 Å². The minimum atomic E-state index is 0.566. The first-order chi connectivity index (χ1) is 9.25. The van der Waals surface area contributed by atoms with Crippen molar-refractivity contribution in [2.45, 2.75) is 51.1 Å². The molecule has 1 aromatic carbocycles. The van der Waals surface area contributed by atoms with E-state index in [1.54, 1.807) is 0 Å². The first kappa shape index (κ1) is 14.5. The van der Waals surface area contributed by atoms with Gasteiger partial charge in [-0.2, -0.15) is 0 Å². The number of hydrogen-bond donors (Lipinski definition) is 1. The van der Waals surface area contributed by atoms with Crippen LogP contribution in [0.5, 0.6) is 0 Å². The fourth-order valence-corrected chi connectivity index (χ4v) is 3.05. The number of piperidine rings is 1. The average Bonchev–Trinajstić information content (AvgIpc) is 2.42. The SMILES string of the molecule is CC(Cc1ccccc1)NCCC1CCCCN1C. The summed E-state index contributed by atoms with van der Waals surface area (Å²) < 4.78 is 0. The lowest BCUT2D eigenvalue weighted by molar-refractivity contribution is 0.174. The highest BCUT2D eigenvalue weighted by Gasteiger charge is 2.18. The summed E-state index contributed by atoms with van der Waals surface area (Å²) in [4.78, 5) is 2.53. The molecule has 19 heavy (non-hydrogen) atoms. The molecule has 0 aromatic heterocycles. The molecule has 1 N–H and O–H groups in total. The van der Waals surface area contributed by atoms with E-state index in [0.29, 0.717) is 6.04 Å². The summed E-state index contributed by atoms with van der Waals surface area (Å²) in [6, 6.07) is 12.1. The molecule has 0 bridgehead atoms. The lowest BCUT2D eigenvalue weighted by Gasteiger charge is -2.32. The molecular weight excluding hydrogens is 232 g/mol. The van der Waals surface area contributed by atoms with Crippen LogP contribution in [0.1, 0.15) is 38.2 Å². The smallest absolute Gasteiger partial charge is 0.0104 e. The van der Waals surface area contributed by atoms with E-state index in [4.69, 9.17) is 0 Å². The minimum absolute atomic E-state index is 0.566. The molecule has 0 saturated carbocycles. The van der Waals surface area contributed by atoms with E-state index in [-0.39, 0.29) is 0 Å². The maximum Gasteiger partial charge on any atom is 0.0104 e. The number of hydrogen-bond acceptors (Lipinski definition) is 2. The second-order valence-corrected chi connectivity index (χ2v) is 5.96. The molecule has 2 unspecified atom stereocenters. The highest BCUT2D eigenvalue weighted by Crippen LogP contribution is 2.17. The first-order valence-electron chi connectivity index (χ1n) is 7.73. The van der Waals surface area contributed by atoms with E-state index < -0.39 is 0 Å². The summed E-state index contributed by atoms with van der Waals surface area (Å²) in [5.41, 5.74) is 1.43. The molecule has 0 amide bonds. The van der Waals surface area contributed by atoms with Crippen molar-refractivity contribution >= 4 is 0 Å². The van der Waals surface area contributed by atoms with Gasteiger partial charge in [-0.1, -0.05) is 36.8 Å². The van der Waals surface area contributed by atoms with E-state index in [1.807, 2.05) is 0 Å². The average molecular weight is 260 g/mol. The van der Waals surface area contributed by atoms with Gasteiger partial charge in [-0.15, -0.1) is 0 Å². The van der Waals surface area contributed by atoms with Crippen molar-refractivity contribution in [3.8, 4) is 0 Å². The summed E-state index contributed by atoms with van der Waals surface area (Å²) in [5, 5.41) is 3.67. The molecule has 1 heterocycles. The Morgan fingerprint density at radius 3 is 2.79 bits per heavy atom. The highest BCUT2D eigenvalue weighted by atomic mass is 15.1. The zero-order valence-electron chi connectivity index (χ0n) is 12.4. The molecular formula is C17H28N2. The number of likely N-dealkylation sites (tertiary alicyclic amines) is 1. The Kier molecular flexibility index (Phi) is 5.87. The van der Waals surface area contributed by atoms with Crippen molar-refractivity contribution in [2.75, 3.05) is 20.1 Å². The second-order valence-electron chi connectivity index (χ2n) is 5.96. The number of nitrogens with zero attached hydrogens (tertiary/aromatic N) is 1. The predicted molar refractivity (Wildman–Crippen MR) is 82.5 cm³/mol. The molecule has 2 atom stereocenters. The van der Waals surface area contributed by atoms with Gasteiger partial charge in [0, 0.05) is 12.1 Å². The maximum absolute atomic E-state index is 3.67. The Bertz CT molecular complexity index is 350. The predicted octanol–water partition coefficient (Wildman–Crippen LogP) is 3.08. The summed E-state index contributed by atoms with van der Waals surface area (Å²) in [5.74, 6) is 0. The third-order valence-electron chi connectivity index (χ3n) is 4.28. The van der Waals surface area contributed by atoms with E-state index in [0.717, 1.165) is 19.0 Å². The summed E-state index contributed by atoms with van der Waals surface area (Å²) in [6.07, 6.45) is 6.58. The molecule has 1 aliphatic rings. The van der Waals surface area contributed by atoms with Crippen molar-refractivity contribution in [3.05, 3.63) is 35.9 Å². The Hall–Kier alpha value is -0.860. The van der Waals surface area contributed by atoms with Crippen LogP contribution in [0.4, 0.5) is 0 Å². The van der Waals surface area contributed by atoms with Crippen molar-refractivity contribution in [1.82, 2.24) is 10.2 Å². The zero-order chi connectivity index (χ0) is 13.5. The van der Waals surface area contributed by atoms with Gasteiger partial charge in [0.25, 0.3) is 0 Å². The van der Waals surface area contributed by atoms with Gasteiger partial charge in [0.05, 0.1) is 0 Å². The standard InChI is InChI=1S/C17H28N2/c1-15(14-16-8-4-3-5-9-16)18-12-11-17-10-6-7-13-19(17)2/h3-5,8-9,15,17-18H,6-7,10-14H2,1-2H3. The third-order valence-corrected chi connectivity index (χ3v) is 4.28. The lowest BCUT2D eigenvalue weighted by Crippen LogP contribution is -2.39. The second kappa shape index (κ2) is 7.66. The molecule has 0 spiro atoms. The maximum atomic E-state index is 3.67. The van der Waals surface area contributed by atoms with Crippen LogP contribution in [0.2, 0.25) is 0 Å². The van der Waals surface area contributed by atoms with Gasteiger partial charge in [-0.25, -0.2) is 0 Å². The van der Waals surface area contributed by atoms with E-state index in [2.05, 4.69) is 54.5 Å². The van der Waals surface area contributed by atoms with Gasteiger partial charge in [0.2, 0.25) is 0 Å². The highest BCUT2D eigenvalue weighted by molar-refractivity contribution is 5.15. The third kappa shape index (κ3) is 4.96. The van der Waals surface area contributed by atoms with Crippen molar-refractivity contribution in [3.63, 3.8) is 0 Å². The minimum Gasteiger partial charge on any atom is -0.314 e. The van der Waals surface area contributed by atoms with Crippen LogP contribution in [0.25, 0.3) is 0 Å². The molecule has 2 rings (SSSR count). The molecule has 1 aliphatic heterocycles. The van der Waals surface area contributed by atoms with Crippen LogP contribution in [0, 0.1) is 0 Å². The quantitative estimate of drug-likeness (QED) is 0.845. The van der Waals surface area contributed by atoms with Crippen LogP contribution >= 0.6 is 0 Å². The molecule has 2 nitrogen and oxygen atoms in total. The van der Waals surface area contributed by atoms with Gasteiger partial charge >= 0.3 is 0 Å². The molecule has 106 valence electrons. The number of rotatable bonds is 6. The van der Waals surface area contributed by atoms with Gasteiger partial charge < -0.3 is 10.2 Å². The van der Waals surface area contributed by atoms with Crippen molar-refractivity contribution in [1.29, 1.82) is 0 Å². The van der Waals surface area contributed by atoms with Crippen LogP contribution in [-0.2, 0) is 6.42 Å². The van der Waals surface area contributed by atoms with Crippen LogP contribution < -0.4 is 5.32 Å². The van der Waals surface area contributed by atoms with Crippen molar-refractivity contribution < 1.29 is 0 Å². The van der Waals surface area contributed by atoms with Gasteiger partial charge in [0.1, 0.15) is 0 Å². The molecule has 2 heteroatoms. The Morgan fingerprint density at radius 2 is 2.05 bits per heavy atom. The molecule has 1 saturated heterocycles. The molecule has 1 aromatic rings. The molecule has 0 aliphatic carbocycles. The molecule has 1 fully saturated rings. The zero-order valence-corrected chi connectivity index (χ0v) is 12.4.